The van der Waals surface area contributed by atoms with Crippen LogP contribution in [0.2, 0.25) is 0 Å². The van der Waals surface area contributed by atoms with Crippen LogP contribution in [0.1, 0.15) is 41.2 Å². The number of hydrogen-bond acceptors (Lipinski definition) is 5. The lowest BCUT2D eigenvalue weighted by molar-refractivity contribution is -0.131. The predicted octanol–water partition coefficient (Wildman–Crippen LogP) is 2.82. The smallest absolute Gasteiger partial charge is 0.274 e. The third kappa shape index (κ3) is 4.54. The van der Waals surface area contributed by atoms with Crippen LogP contribution in [0, 0.1) is 5.92 Å². The molecule has 0 saturated carbocycles. The van der Waals surface area contributed by atoms with E-state index >= 15 is 0 Å². The Morgan fingerprint density at radius 1 is 1.19 bits per heavy atom. The molecular formula is C23H26N4O3S. The molecule has 7 nitrogen and oxygen atoms in total. The molecule has 0 fully saturated rings. The van der Waals surface area contributed by atoms with Gasteiger partial charge in [-0.25, -0.2) is 4.68 Å². The number of fused-ring (bicyclic) bond motifs is 2. The van der Waals surface area contributed by atoms with Crippen LogP contribution in [0.5, 0.6) is 0 Å². The summed E-state index contributed by atoms with van der Waals surface area (Å²) in [5.41, 5.74) is 1.23. The zero-order valence-corrected chi connectivity index (χ0v) is 18.6. The van der Waals surface area contributed by atoms with Crippen molar-refractivity contribution in [2.75, 3.05) is 13.1 Å². The molecule has 0 aliphatic carbocycles. The standard InChI is InChI=1S/C23H26N4O3S/c1-15(2)13-27-23(30)18-6-4-3-5-17(18)21(25-27)22(29)24-10-7-20(28)26-11-8-19-16(14-26)9-12-31-19/h3-6,9,12,15H,7-8,10-11,13-14H2,1-2H3,(H,24,29). The molecule has 162 valence electrons. The Labute approximate surface area is 184 Å². The highest BCUT2D eigenvalue weighted by Crippen LogP contribution is 2.24. The Balaban J connectivity index is 1.44. The molecule has 1 aliphatic heterocycles. The molecule has 4 rings (SSSR count). The largest absolute Gasteiger partial charge is 0.350 e. The van der Waals surface area contributed by atoms with Crippen LogP contribution in [-0.4, -0.2) is 39.6 Å². The van der Waals surface area contributed by atoms with Crippen molar-refractivity contribution in [3.8, 4) is 0 Å². The second kappa shape index (κ2) is 9.01. The van der Waals surface area contributed by atoms with E-state index in [1.54, 1.807) is 35.6 Å². The fraction of sp³-hybridized carbons (Fsp3) is 0.391. The van der Waals surface area contributed by atoms with Crippen molar-refractivity contribution < 1.29 is 9.59 Å². The van der Waals surface area contributed by atoms with Gasteiger partial charge in [0, 0.05) is 42.9 Å². The van der Waals surface area contributed by atoms with Crippen LogP contribution in [-0.2, 0) is 24.3 Å². The summed E-state index contributed by atoms with van der Waals surface area (Å²) in [6, 6.07) is 9.08. The average molecular weight is 439 g/mol. The number of amides is 2. The van der Waals surface area contributed by atoms with Gasteiger partial charge in [0.1, 0.15) is 0 Å². The lowest BCUT2D eigenvalue weighted by Gasteiger charge is -2.27. The summed E-state index contributed by atoms with van der Waals surface area (Å²) in [5, 5.41) is 10.2. The highest BCUT2D eigenvalue weighted by Gasteiger charge is 2.22. The van der Waals surface area contributed by atoms with Crippen molar-refractivity contribution in [3.05, 3.63) is 62.2 Å². The van der Waals surface area contributed by atoms with Crippen LogP contribution in [0.4, 0.5) is 0 Å². The van der Waals surface area contributed by atoms with Gasteiger partial charge in [-0.2, -0.15) is 5.10 Å². The summed E-state index contributed by atoms with van der Waals surface area (Å²) in [4.78, 5) is 41.4. The molecule has 1 aliphatic rings. The molecule has 3 heterocycles. The quantitative estimate of drug-likeness (QED) is 0.641. The lowest BCUT2D eigenvalue weighted by Crippen LogP contribution is -2.38. The molecule has 3 aromatic rings. The molecule has 8 heteroatoms. The molecule has 31 heavy (non-hydrogen) atoms. The normalized spacial score (nSPS) is 13.5. The van der Waals surface area contributed by atoms with E-state index in [0.29, 0.717) is 30.4 Å². The Hall–Kier alpha value is -3.00. The summed E-state index contributed by atoms with van der Waals surface area (Å²) >= 11 is 1.74. The summed E-state index contributed by atoms with van der Waals surface area (Å²) in [6.07, 6.45) is 1.12. The van der Waals surface area contributed by atoms with Crippen molar-refractivity contribution in [1.29, 1.82) is 0 Å². The van der Waals surface area contributed by atoms with Gasteiger partial charge >= 0.3 is 0 Å². The average Bonchev–Trinajstić information content (AvgIpc) is 3.23. The Kier molecular flexibility index (Phi) is 6.18. The lowest BCUT2D eigenvalue weighted by atomic mass is 10.1. The van der Waals surface area contributed by atoms with Crippen LogP contribution >= 0.6 is 11.3 Å². The van der Waals surface area contributed by atoms with Crippen LogP contribution < -0.4 is 10.9 Å². The topological polar surface area (TPSA) is 84.3 Å². The number of nitrogens with one attached hydrogen (secondary N) is 1. The SMILES string of the molecule is CC(C)Cn1nc(C(=O)NCCC(=O)N2CCc3sccc3C2)c2ccccc2c1=O. The second-order valence-electron chi connectivity index (χ2n) is 8.22. The summed E-state index contributed by atoms with van der Waals surface area (Å²) in [5.74, 6) is -0.131. The second-order valence-corrected chi connectivity index (χ2v) is 9.22. The molecule has 2 amide bonds. The zero-order chi connectivity index (χ0) is 22.0. The van der Waals surface area contributed by atoms with E-state index in [4.69, 9.17) is 0 Å². The molecule has 2 aromatic heterocycles. The molecule has 0 spiro atoms. The van der Waals surface area contributed by atoms with Crippen LogP contribution in [0.15, 0.2) is 40.5 Å². The van der Waals surface area contributed by atoms with Gasteiger partial charge in [0.05, 0.1) is 5.39 Å². The maximum Gasteiger partial charge on any atom is 0.274 e. The number of carbonyl (C=O) groups excluding carboxylic acids is 2. The highest BCUT2D eigenvalue weighted by atomic mass is 32.1. The minimum absolute atomic E-state index is 0.0275. The molecular weight excluding hydrogens is 412 g/mol. The molecule has 0 atom stereocenters. The maximum atomic E-state index is 12.9. The Morgan fingerprint density at radius 3 is 2.74 bits per heavy atom. The number of nitrogens with zero attached hydrogens (tertiary/aromatic N) is 3. The number of rotatable bonds is 6. The Morgan fingerprint density at radius 2 is 1.97 bits per heavy atom. The molecule has 0 bridgehead atoms. The third-order valence-corrected chi connectivity index (χ3v) is 6.43. The van der Waals surface area contributed by atoms with E-state index in [-0.39, 0.29) is 42.0 Å². The molecule has 1 N–H and O–H groups in total. The first-order chi connectivity index (χ1) is 14.9. The number of aromatic nitrogens is 2. The fourth-order valence-corrected chi connectivity index (χ4v) is 4.75. The first-order valence-corrected chi connectivity index (χ1v) is 11.4. The van der Waals surface area contributed by atoms with Gasteiger partial charge < -0.3 is 10.2 Å². The van der Waals surface area contributed by atoms with E-state index in [0.717, 1.165) is 6.42 Å². The monoisotopic (exact) mass is 438 g/mol. The highest BCUT2D eigenvalue weighted by molar-refractivity contribution is 7.10. The van der Waals surface area contributed by atoms with Crippen molar-refractivity contribution in [2.24, 2.45) is 5.92 Å². The van der Waals surface area contributed by atoms with Crippen molar-refractivity contribution in [2.45, 2.75) is 39.8 Å². The number of hydrogen-bond donors (Lipinski definition) is 1. The van der Waals surface area contributed by atoms with Gasteiger partial charge in [0.15, 0.2) is 5.69 Å². The number of carbonyl (C=O) groups is 2. The Bertz CT molecular complexity index is 1180. The summed E-state index contributed by atoms with van der Waals surface area (Å²) in [7, 11) is 0. The van der Waals surface area contributed by atoms with Gasteiger partial charge in [-0.1, -0.05) is 32.0 Å². The number of benzene rings is 1. The first kappa shape index (κ1) is 21.2. The summed E-state index contributed by atoms with van der Waals surface area (Å²) < 4.78 is 1.36. The van der Waals surface area contributed by atoms with E-state index < -0.39 is 0 Å². The number of thiophene rings is 1. The van der Waals surface area contributed by atoms with Crippen molar-refractivity contribution in [1.82, 2.24) is 20.0 Å². The van der Waals surface area contributed by atoms with Crippen LogP contribution in [0.3, 0.4) is 0 Å². The zero-order valence-electron chi connectivity index (χ0n) is 17.8. The van der Waals surface area contributed by atoms with Crippen molar-refractivity contribution in [3.63, 3.8) is 0 Å². The van der Waals surface area contributed by atoms with Gasteiger partial charge in [-0.05, 0) is 35.4 Å². The molecule has 0 radical (unpaired) electrons. The molecule has 1 aromatic carbocycles. The summed E-state index contributed by atoms with van der Waals surface area (Å²) in [6.45, 7) is 6.00. The van der Waals surface area contributed by atoms with E-state index in [1.165, 1.54) is 15.1 Å². The minimum Gasteiger partial charge on any atom is -0.350 e. The van der Waals surface area contributed by atoms with Crippen LogP contribution in [0.25, 0.3) is 10.8 Å². The van der Waals surface area contributed by atoms with Gasteiger partial charge in [-0.15, -0.1) is 11.3 Å². The van der Waals surface area contributed by atoms with Gasteiger partial charge in [0.2, 0.25) is 5.91 Å². The maximum absolute atomic E-state index is 12.9. The van der Waals surface area contributed by atoms with E-state index in [1.807, 2.05) is 18.7 Å². The molecule has 0 unspecified atom stereocenters. The van der Waals surface area contributed by atoms with E-state index in [2.05, 4.69) is 21.9 Å². The van der Waals surface area contributed by atoms with Crippen molar-refractivity contribution >= 4 is 33.9 Å². The first-order valence-electron chi connectivity index (χ1n) is 10.5. The minimum atomic E-state index is -0.375. The van der Waals surface area contributed by atoms with Gasteiger partial charge in [-0.3, -0.25) is 14.4 Å². The molecule has 0 saturated heterocycles. The van der Waals surface area contributed by atoms with E-state index in [9.17, 15) is 14.4 Å². The third-order valence-electron chi connectivity index (χ3n) is 5.41. The predicted molar refractivity (Wildman–Crippen MR) is 121 cm³/mol. The van der Waals surface area contributed by atoms with Gasteiger partial charge in [0.25, 0.3) is 11.5 Å². The fourth-order valence-electron chi connectivity index (χ4n) is 3.86.